The predicted molar refractivity (Wildman–Crippen MR) is 31.6 cm³/mol. The van der Waals surface area contributed by atoms with Gasteiger partial charge in [0.1, 0.15) is 0 Å². The molecule has 3 nitrogen and oxygen atoms in total. The largest absolute Gasteiger partial charge is 0.334 e. The number of hydrogen-bond acceptors (Lipinski definition) is 2. The van der Waals surface area contributed by atoms with Crippen molar-refractivity contribution < 1.29 is 14.9 Å². The van der Waals surface area contributed by atoms with E-state index in [0.29, 0.717) is 11.3 Å². The van der Waals surface area contributed by atoms with Crippen LogP contribution in [0.15, 0.2) is 24.3 Å². The van der Waals surface area contributed by atoms with E-state index in [-0.39, 0.29) is 0 Å². The summed E-state index contributed by atoms with van der Waals surface area (Å²) in [5, 5.41) is 10.8. The van der Waals surface area contributed by atoms with Crippen LogP contribution in [0.3, 0.4) is 0 Å². The zero-order valence-electron chi connectivity index (χ0n) is 5.11. The molecule has 0 saturated carbocycles. The molecule has 51 valence electrons. The van der Waals surface area contributed by atoms with Gasteiger partial charge in [-0.1, -0.05) is 12.1 Å². The van der Waals surface area contributed by atoms with E-state index < -0.39 is 6.29 Å². The van der Waals surface area contributed by atoms with Gasteiger partial charge in [0.15, 0.2) is 5.75 Å². The van der Waals surface area contributed by atoms with Gasteiger partial charge in [-0.25, -0.2) is 0 Å². The average Bonchev–Trinajstić information content (AvgIpc) is 2.34. The van der Waals surface area contributed by atoms with Crippen LogP contribution in [0.2, 0.25) is 0 Å². The van der Waals surface area contributed by atoms with E-state index in [4.69, 9.17) is 0 Å². The van der Waals surface area contributed by atoms with Gasteiger partial charge in [0.25, 0.3) is 6.29 Å². The van der Waals surface area contributed by atoms with Gasteiger partial charge in [-0.05, 0) is 12.1 Å². The quantitative estimate of drug-likeness (QED) is 0.507. The van der Waals surface area contributed by atoms with E-state index in [1.54, 1.807) is 24.3 Å². The van der Waals surface area contributed by atoms with Crippen LogP contribution in [-0.2, 0) is 9.99 Å². The van der Waals surface area contributed by atoms with Crippen molar-refractivity contribution in [3.8, 4) is 5.75 Å². The minimum atomic E-state index is -1.17. The van der Waals surface area contributed by atoms with Crippen molar-refractivity contribution in [3.63, 3.8) is 0 Å². The van der Waals surface area contributed by atoms with Gasteiger partial charge in [-0.15, -0.1) is 4.89 Å². The number of para-hydroxylation sites is 1. The number of fused-ring (bicyclic) bond motifs is 1. The molecule has 0 bridgehead atoms. The topological polar surface area (TPSA) is 38.4 Å². The van der Waals surface area contributed by atoms with Crippen molar-refractivity contribution in [1.82, 2.24) is 0 Å². The molecule has 10 heavy (non-hydrogen) atoms. The fraction of sp³-hybridized carbons (Fsp3) is 0.143. The molecule has 0 N–H and O–H groups in total. The lowest BCUT2D eigenvalue weighted by Gasteiger charge is -1.90. The van der Waals surface area contributed by atoms with Crippen LogP contribution in [-0.4, -0.2) is 0 Å². The summed E-state index contributed by atoms with van der Waals surface area (Å²) in [5.41, 5.74) is 0.572. The summed E-state index contributed by atoms with van der Waals surface area (Å²) >= 11 is 0. The second kappa shape index (κ2) is 1.97. The maximum Gasteiger partial charge on any atom is 0.264 e. The molecule has 2 rings (SSSR count). The molecule has 0 aliphatic carbocycles. The highest BCUT2D eigenvalue weighted by molar-refractivity contribution is 5.35. The molecule has 1 aromatic rings. The third kappa shape index (κ3) is 0.683. The van der Waals surface area contributed by atoms with Crippen LogP contribution < -0.4 is 4.89 Å². The fourth-order valence-corrected chi connectivity index (χ4v) is 0.899. The first-order valence-electron chi connectivity index (χ1n) is 2.96. The molecule has 1 heterocycles. The Morgan fingerprint density at radius 2 is 2.10 bits per heavy atom. The van der Waals surface area contributed by atoms with Crippen molar-refractivity contribution >= 4 is 0 Å². The Labute approximate surface area is 57.7 Å². The first-order valence-corrected chi connectivity index (χ1v) is 2.96. The zero-order valence-corrected chi connectivity index (χ0v) is 5.11. The van der Waals surface area contributed by atoms with Gasteiger partial charge in [-0.3, -0.25) is 0 Å². The molecule has 0 saturated heterocycles. The Morgan fingerprint density at radius 1 is 1.30 bits per heavy atom. The number of benzene rings is 1. The third-order valence-corrected chi connectivity index (χ3v) is 1.40. The lowest BCUT2D eigenvalue weighted by Crippen LogP contribution is -1.91. The molecule has 1 radical (unpaired) electrons. The highest BCUT2D eigenvalue weighted by Gasteiger charge is 2.23. The van der Waals surface area contributed by atoms with E-state index in [2.05, 4.69) is 9.78 Å². The van der Waals surface area contributed by atoms with E-state index >= 15 is 0 Å². The first-order chi connectivity index (χ1) is 4.88. The summed E-state index contributed by atoms with van der Waals surface area (Å²) in [6.45, 7) is 0. The maximum atomic E-state index is 10.8. The molecular formula is C7H5O3. The molecule has 1 aliphatic heterocycles. The summed E-state index contributed by atoms with van der Waals surface area (Å²) in [7, 11) is 0. The number of hydrogen-bond donors (Lipinski definition) is 0. The third-order valence-electron chi connectivity index (χ3n) is 1.40. The normalized spacial score (nSPS) is 21.9. The van der Waals surface area contributed by atoms with Gasteiger partial charge in [-0.2, -0.15) is 5.11 Å². The summed E-state index contributed by atoms with van der Waals surface area (Å²) in [6, 6.07) is 6.97. The molecule has 0 aromatic heterocycles. The predicted octanol–water partition coefficient (Wildman–Crippen LogP) is 1.44. The minimum Gasteiger partial charge on any atom is -0.334 e. The van der Waals surface area contributed by atoms with Crippen molar-refractivity contribution in [3.05, 3.63) is 29.8 Å². The highest BCUT2D eigenvalue weighted by Crippen LogP contribution is 2.32. The number of rotatable bonds is 0. The second-order valence-corrected chi connectivity index (χ2v) is 2.05. The van der Waals surface area contributed by atoms with Gasteiger partial charge in [0.2, 0.25) is 0 Å². The smallest absolute Gasteiger partial charge is 0.264 e. The molecule has 1 aromatic carbocycles. The standard InChI is InChI=1S/C7H5O3/c8-7-5-3-1-2-4-6(5)9-10-7/h1-4,7H. The van der Waals surface area contributed by atoms with Crippen molar-refractivity contribution in [2.45, 2.75) is 6.29 Å². The summed E-state index contributed by atoms with van der Waals surface area (Å²) in [6.07, 6.45) is -1.17. The van der Waals surface area contributed by atoms with E-state index in [0.717, 1.165) is 0 Å². The van der Waals surface area contributed by atoms with Gasteiger partial charge < -0.3 is 4.89 Å². The summed E-state index contributed by atoms with van der Waals surface area (Å²) in [5.74, 6) is 0.530. The summed E-state index contributed by atoms with van der Waals surface area (Å²) < 4.78 is 0. The first kappa shape index (κ1) is 5.70. The van der Waals surface area contributed by atoms with Crippen molar-refractivity contribution in [2.75, 3.05) is 0 Å². The molecular weight excluding hydrogens is 132 g/mol. The molecule has 1 atom stereocenters. The molecule has 0 spiro atoms. The van der Waals surface area contributed by atoms with Gasteiger partial charge in [0, 0.05) is 0 Å². The van der Waals surface area contributed by atoms with E-state index in [1.807, 2.05) is 0 Å². The molecule has 3 heteroatoms. The zero-order chi connectivity index (χ0) is 6.97. The lowest BCUT2D eigenvalue weighted by molar-refractivity contribution is -0.304. The molecule has 1 aliphatic rings. The van der Waals surface area contributed by atoms with Crippen molar-refractivity contribution in [1.29, 1.82) is 0 Å². The Balaban J connectivity index is 2.51. The second-order valence-electron chi connectivity index (χ2n) is 2.05. The fourth-order valence-electron chi connectivity index (χ4n) is 0.899. The molecule has 0 amide bonds. The Kier molecular flexibility index (Phi) is 1.12. The molecule has 1 unspecified atom stereocenters. The summed E-state index contributed by atoms with van der Waals surface area (Å²) in [4.78, 5) is 8.97. The van der Waals surface area contributed by atoms with Crippen LogP contribution in [0, 0.1) is 0 Å². The maximum absolute atomic E-state index is 10.8. The Morgan fingerprint density at radius 3 is 2.90 bits per heavy atom. The highest BCUT2D eigenvalue weighted by atomic mass is 17.2. The van der Waals surface area contributed by atoms with Gasteiger partial charge >= 0.3 is 0 Å². The molecule has 0 fully saturated rings. The van der Waals surface area contributed by atoms with Crippen LogP contribution in [0.25, 0.3) is 0 Å². The van der Waals surface area contributed by atoms with Crippen LogP contribution in [0.1, 0.15) is 11.9 Å². The SMILES string of the molecule is [O]C1OOc2ccccc21. The van der Waals surface area contributed by atoms with Crippen molar-refractivity contribution in [2.24, 2.45) is 0 Å². The minimum absolute atomic E-state index is 0.530. The van der Waals surface area contributed by atoms with Gasteiger partial charge in [0.05, 0.1) is 5.56 Å². The monoisotopic (exact) mass is 137 g/mol. The van der Waals surface area contributed by atoms with Crippen LogP contribution in [0.4, 0.5) is 0 Å². The average molecular weight is 137 g/mol. The Bertz CT molecular complexity index is 246. The van der Waals surface area contributed by atoms with E-state index in [1.165, 1.54) is 0 Å². The van der Waals surface area contributed by atoms with Crippen LogP contribution >= 0.6 is 0 Å². The lowest BCUT2D eigenvalue weighted by atomic mass is 10.2. The Hall–Kier alpha value is -1.06. The van der Waals surface area contributed by atoms with Crippen LogP contribution in [0.5, 0.6) is 5.75 Å². The van der Waals surface area contributed by atoms with E-state index in [9.17, 15) is 5.11 Å².